The third-order valence-electron chi connectivity index (χ3n) is 3.48. The molecule has 0 radical (unpaired) electrons. The number of nitrogens with one attached hydrogen (secondary N) is 1. The van der Waals surface area contributed by atoms with Crippen LogP contribution in [0.5, 0.6) is 11.5 Å². The van der Waals surface area contributed by atoms with Crippen molar-refractivity contribution in [3.63, 3.8) is 0 Å². The zero-order valence-corrected chi connectivity index (χ0v) is 14.0. The lowest BCUT2D eigenvalue weighted by molar-refractivity contribution is -0.113. The standard InChI is InChI=1S/C16H13N3O5S/c1-9-11(4-5-21-9)15-18-19-16(24-15)25-7-14(20)17-10-2-3-12-13(6-10)23-8-22-12/h2-6H,7-8H2,1H3,(H,17,20). The molecule has 0 bridgehead atoms. The van der Waals surface area contributed by atoms with E-state index in [2.05, 4.69) is 15.5 Å². The topological polar surface area (TPSA) is 99.6 Å². The summed E-state index contributed by atoms with van der Waals surface area (Å²) in [5, 5.41) is 11.0. The summed E-state index contributed by atoms with van der Waals surface area (Å²) in [6.07, 6.45) is 1.56. The summed E-state index contributed by atoms with van der Waals surface area (Å²) in [4.78, 5) is 12.1. The minimum Gasteiger partial charge on any atom is -0.469 e. The number of aromatic nitrogens is 2. The number of rotatable bonds is 5. The normalized spacial score (nSPS) is 12.4. The fourth-order valence-electron chi connectivity index (χ4n) is 2.28. The van der Waals surface area contributed by atoms with Crippen molar-refractivity contribution in [1.29, 1.82) is 0 Å². The number of hydrogen-bond donors (Lipinski definition) is 1. The summed E-state index contributed by atoms with van der Waals surface area (Å²) < 4.78 is 21.3. The van der Waals surface area contributed by atoms with Gasteiger partial charge in [-0.15, -0.1) is 10.2 Å². The van der Waals surface area contributed by atoms with Crippen LogP contribution in [0, 0.1) is 6.92 Å². The molecular weight excluding hydrogens is 346 g/mol. The molecular formula is C16H13N3O5S. The number of carbonyl (C=O) groups is 1. The second kappa shape index (κ2) is 6.52. The van der Waals surface area contributed by atoms with E-state index in [1.54, 1.807) is 30.5 Å². The molecule has 1 aliphatic rings. The number of thioether (sulfide) groups is 1. The van der Waals surface area contributed by atoms with E-state index >= 15 is 0 Å². The molecule has 3 aromatic rings. The molecule has 3 heterocycles. The molecule has 4 rings (SSSR count). The van der Waals surface area contributed by atoms with Gasteiger partial charge in [-0.05, 0) is 25.1 Å². The van der Waals surface area contributed by atoms with E-state index in [1.807, 2.05) is 6.92 Å². The molecule has 0 aliphatic carbocycles. The highest BCUT2D eigenvalue weighted by molar-refractivity contribution is 7.99. The number of ether oxygens (including phenoxy) is 2. The van der Waals surface area contributed by atoms with Crippen molar-refractivity contribution in [2.45, 2.75) is 12.1 Å². The van der Waals surface area contributed by atoms with E-state index in [4.69, 9.17) is 18.3 Å². The molecule has 8 nitrogen and oxygen atoms in total. The molecule has 0 unspecified atom stereocenters. The average Bonchev–Trinajstić information content (AvgIpc) is 3.32. The lowest BCUT2D eigenvalue weighted by Crippen LogP contribution is -2.13. The Morgan fingerprint density at radius 2 is 2.12 bits per heavy atom. The summed E-state index contributed by atoms with van der Waals surface area (Å²) in [6, 6.07) is 6.98. The van der Waals surface area contributed by atoms with E-state index in [9.17, 15) is 4.79 Å². The number of aryl methyl sites for hydroxylation is 1. The number of anilines is 1. The molecule has 0 fully saturated rings. The lowest BCUT2D eigenvalue weighted by atomic mass is 10.3. The van der Waals surface area contributed by atoms with Crippen LogP contribution in [-0.2, 0) is 4.79 Å². The van der Waals surface area contributed by atoms with Gasteiger partial charge in [0.1, 0.15) is 5.76 Å². The Bertz CT molecular complexity index is 920. The Balaban J connectivity index is 1.35. The van der Waals surface area contributed by atoms with E-state index in [0.29, 0.717) is 34.1 Å². The summed E-state index contributed by atoms with van der Waals surface area (Å²) >= 11 is 1.16. The number of nitrogens with zero attached hydrogens (tertiary/aromatic N) is 2. The van der Waals surface area contributed by atoms with Gasteiger partial charge < -0.3 is 23.6 Å². The van der Waals surface area contributed by atoms with Crippen LogP contribution in [0.15, 0.2) is 44.6 Å². The zero-order chi connectivity index (χ0) is 17.2. The maximum absolute atomic E-state index is 12.1. The van der Waals surface area contributed by atoms with Crippen molar-refractivity contribution in [1.82, 2.24) is 10.2 Å². The van der Waals surface area contributed by atoms with E-state index in [-0.39, 0.29) is 18.5 Å². The fraction of sp³-hybridized carbons (Fsp3) is 0.188. The third-order valence-corrected chi connectivity index (χ3v) is 4.30. The first-order valence-electron chi connectivity index (χ1n) is 7.39. The van der Waals surface area contributed by atoms with Gasteiger partial charge in [-0.3, -0.25) is 4.79 Å². The molecule has 1 N–H and O–H groups in total. The van der Waals surface area contributed by atoms with Gasteiger partial charge in [0.2, 0.25) is 12.7 Å². The van der Waals surface area contributed by atoms with Crippen molar-refractivity contribution in [3.8, 4) is 23.0 Å². The van der Waals surface area contributed by atoms with Crippen LogP contribution >= 0.6 is 11.8 Å². The van der Waals surface area contributed by atoms with Gasteiger partial charge in [-0.1, -0.05) is 11.8 Å². The quantitative estimate of drug-likeness (QED) is 0.694. The van der Waals surface area contributed by atoms with Gasteiger partial charge in [0.05, 0.1) is 17.6 Å². The minimum atomic E-state index is -0.192. The Hall–Kier alpha value is -2.94. The van der Waals surface area contributed by atoms with Crippen molar-refractivity contribution in [3.05, 3.63) is 36.3 Å². The molecule has 2 aromatic heterocycles. The maximum atomic E-state index is 12.1. The molecule has 128 valence electrons. The maximum Gasteiger partial charge on any atom is 0.277 e. The number of fused-ring (bicyclic) bond motifs is 1. The Labute approximate surface area is 146 Å². The smallest absolute Gasteiger partial charge is 0.277 e. The van der Waals surface area contributed by atoms with Crippen molar-refractivity contribution < 1.29 is 23.1 Å². The predicted molar refractivity (Wildman–Crippen MR) is 88.7 cm³/mol. The fourth-order valence-corrected chi connectivity index (χ4v) is 2.85. The van der Waals surface area contributed by atoms with E-state index in [0.717, 1.165) is 17.3 Å². The van der Waals surface area contributed by atoms with Gasteiger partial charge in [0.15, 0.2) is 11.5 Å². The van der Waals surface area contributed by atoms with Crippen LogP contribution in [-0.4, -0.2) is 28.7 Å². The molecule has 25 heavy (non-hydrogen) atoms. The largest absolute Gasteiger partial charge is 0.469 e. The zero-order valence-electron chi connectivity index (χ0n) is 13.1. The summed E-state index contributed by atoms with van der Waals surface area (Å²) in [6.45, 7) is 2.00. The predicted octanol–water partition coefficient (Wildman–Crippen LogP) is 3.10. The molecule has 0 saturated heterocycles. The molecule has 9 heteroatoms. The second-order valence-corrected chi connectivity index (χ2v) is 6.10. The van der Waals surface area contributed by atoms with Crippen LogP contribution in [0.25, 0.3) is 11.5 Å². The highest BCUT2D eigenvalue weighted by Gasteiger charge is 2.16. The van der Waals surface area contributed by atoms with E-state index < -0.39 is 0 Å². The monoisotopic (exact) mass is 359 g/mol. The highest BCUT2D eigenvalue weighted by atomic mass is 32.2. The Morgan fingerprint density at radius 3 is 2.96 bits per heavy atom. The molecule has 0 saturated carbocycles. The first kappa shape index (κ1) is 15.6. The second-order valence-electron chi connectivity index (χ2n) is 5.17. The number of carbonyl (C=O) groups excluding carboxylic acids is 1. The van der Waals surface area contributed by atoms with Crippen LogP contribution < -0.4 is 14.8 Å². The van der Waals surface area contributed by atoms with Crippen LogP contribution in [0.3, 0.4) is 0 Å². The van der Waals surface area contributed by atoms with Crippen LogP contribution in [0.2, 0.25) is 0 Å². The number of hydrogen-bond acceptors (Lipinski definition) is 8. The van der Waals surface area contributed by atoms with Gasteiger partial charge >= 0.3 is 0 Å². The van der Waals surface area contributed by atoms with Crippen molar-refractivity contribution in [2.75, 3.05) is 17.9 Å². The number of furan rings is 1. The Morgan fingerprint density at radius 1 is 1.24 bits per heavy atom. The highest BCUT2D eigenvalue weighted by Crippen LogP contribution is 2.34. The summed E-state index contributed by atoms with van der Waals surface area (Å²) in [5.41, 5.74) is 1.37. The summed E-state index contributed by atoms with van der Waals surface area (Å²) in [5.74, 6) is 2.29. The summed E-state index contributed by atoms with van der Waals surface area (Å²) in [7, 11) is 0. The lowest BCUT2D eigenvalue weighted by Gasteiger charge is -2.05. The van der Waals surface area contributed by atoms with Crippen molar-refractivity contribution in [2.24, 2.45) is 0 Å². The minimum absolute atomic E-state index is 0.139. The molecule has 0 spiro atoms. The molecule has 1 aliphatic heterocycles. The first-order chi connectivity index (χ1) is 12.2. The first-order valence-corrected chi connectivity index (χ1v) is 8.38. The number of benzene rings is 1. The molecule has 1 amide bonds. The van der Waals surface area contributed by atoms with Gasteiger partial charge in [0, 0.05) is 11.8 Å². The average molecular weight is 359 g/mol. The van der Waals surface area contributed by atoms with E-state index in [1.165, 1.54) is 0 Å². The number of amides is 1. The van der Waals surface area contributed by atoms with Crippen molar-refractivity contribution >= 4 is 23.4 Å². The van der Waals surface area contributed by atoms with Crippen LogP contribution in [0.1, 0.15) is 5.76 Å². The van der Waals surface area contributed by atoms with Gasteiger partial charge in [0.25, 0.3) is 11.1 Å². The van der Waals surface area contributed by atoms with Gasteiger partial charge in [-0.25, -0.2) is 0 Å². The Kier molecular flexibility index (Phi) is 4.06. The third kappa shape index (κ3) is 3.31. The van der Waals surface area contributed by atoms with Gasteiger partial charge in [-0.2, -0.15) is 0 Å². The van der Waals surface area contributed by atoms with Crippen LogP contribution in [0.4, 0.5) is 5.69 Å². The molecule has 0 atom stereocenters. The SMILES string of the molecule is Cc1occc1-c1nnc(SCC(=O)Nc2ccc3c(c2)OCO3)o1. The molecule has 1 aromatic carbocycles.